The van der Waals surface area contributed by atoms with Crippen molar-refractivity contribution in [1.29, 1.82) is 0 Å². The fourth-order valence-electron chi connectivity index (χ4n) is 2.61. The van der Waals surface area contributed by atoms with Gasteiger partial charge < -0.3 is 25.2 Å². The number of ether oxygens (including phenoxy) is 2. The number of rotatable bonds is 8. The second kappa shape index (κ2) is 9.82. The second-order valence-corrected chi connectivity index (χ2v) is 7.47. The third kappa shape index (κ3) is 7.37. The SMILES string of the molecule is CCOc1cccc(C(Nc2ccc(CNC(=O)OC(C)(C)C)cc2)C(=O)O)c1. The molecule has 0 radical (unpaired) electrons. The third-order valence-corrected chi connectivity index (χ3v) is 3.85. The van der Waals surface area contributed by atoms with Gasteiger partial charge in [0.05, 0.1) is 6.61 Å². The van der Waals surface area contributed by atoms with Gasteiger partial charge in [-0.15, -0.1) is 0 Å². The summed E-state index contributed by atoms with van der Waals surface area (Å²) >= 11 is 0. The molecule has 0 fully saturated rings. The van der Waals surface area contributed by atoms with Crippen LogP contribution in [0.1, 0.15) is 44.9 Å². The average molecular weight is 400 g/mol. The van der Waals surface area contributed by atoms with Crippen LogP contribution in [-0.4, -0.2) is 29.4 Å². The van der Waals surface area contributed by atoms with Gasteiger partial charge in [-0.25, -0.2) is 9.59 Å². The Labute approximate surface area is 171 Å². The van der Waals surface area contributed by atoms with Crippen LogP contribution in [0, 0.1) is 0 Å². The van der Waals surface area contributed by atoms with E-state index in [0.717, 1.165) is 5.56 Å². The molecule has 0 saturated carbocycles. The van der Waals surface area contributed by atoms with Crippen molar-refractivity contribution >= 4 is 17.7 Å². The number of nitrogens with one attached hydrogen (secondary N) is 2. The first-order valence-corrected chi connectivity index (χ1v) is 9.46. The van der Waals surface area contributed by atoms with Crippen LogP contribution in [0.25, 0.3) is 0 Å². The Morgan fingerprint density at radius 2 is 1.79 bits per heavy atom. The molecule has 1 unspecified atom stereocenters. The van der Waals surface area contributed by atoms with Crippen LogP contribution < -0.4 is 15.4 Å². The van der Waals surface area contributed by atoms with Gasteiger partial charge in [-0.05, 0) is 63.1 Å². The van der Waals surface area contributed by atoms with E-state index >= 15 is 0 Å². The number of amides is 1. The molecule has 0 aliphatic carbocycles. The van der Waals surface area contributed by atoms with E-state index in [2.05, 4.69) is 10.6 Å². The molecule has 0 heterocycles. The van der Waals surface area contributed by atoms with Crippen molar-refractivity contribution in [3.05, 3.63) is 59.7 Å². The number of benzene rings is 2. The molecule has 1 atom stereocenters. The zero-order chi connectivity index (χ0) is 21.4. The lowest BCUT2D eigenvalue weighted by Crippen LogP contribution is -2.32. The molecule has 2 rings (SSSR count). The highest BCUT2D eigenvalue weighted by Gasteiger charge is 2.20. The van der Waals surface area contributed by atoms with Gasteiger partial charge in [-0.3, -0.25) is 0 Å². The van der Waals surface area contributed by atoms with Gasteiger partial charge in [-0.2, -0.15) is 0 Å². The van der Waals surface area contributed by atoms with Crippen LogP contribution in [-0.2, 0) is 16.1 Å². The smallest absolute Gasteiger partial charge is 0.407 e. The van der Waals surface area contributed by atoms with Gasteiger partial charge in [0.1, 0.15) is 11.4 Å². The number of anilines is 1. The van der Waals surface area contributed by atoms with Gasteiger partial charge in [0.25, 0.3) is 0 Å². The Balaban J connectivity index is 2.02. The van der Waals surface area contributed by atoms with Gasteiger partial charge in [-0.1, -0.05) is 24.3 Å². The summed E-state index contributed by atoms with van der Waals surface area (Å²) in [6.45, 7) is 8.10. The molecule has 0 aliphatic rings. The lowest BCUT2D eigenvalue weighted by Gasteiger charge is -2.20. The summed E-state index contributed by atoms with van der Waals surface area (Å²) in [5.41, 5.74) is 1.56. The number of aliphatic carboxylic acids is 1. The van der Waals surface area contributed by atoms with Gasteiger partial charge in [0.2, 0.25) is 0 Å². The highest BCUT2D eigenvalue weighted by Crippen LogP contribution is 2.24. The first kappa shape index (κ1) is 22.1. The van der Waals surface area contributed by atoms with Crippen molar-refractivity contribution in [2.45, 2.75) is 45.9 Å². The van der Waals surface area contributed by atoms with Gasteiger partial charge in [0.15, 0.2) is 6.04 Å². The Hall–Kier alpha value is -3.22. The van der Waals surface area contributed by atoms with E-state index in [1.165, 1.54) is 0 Å². The van der Waals surface area contributed by atoms with E-state index in [1.54, 1.807) is 57.2 Å². The predicted octanol–water partition coefficient (Wildman–Crippen LogP) is 4.35. The third-order valence-electron chi connectivity index (χ3n) is 3.85. The number of carbonyl (C=O) groups is 2. The zero-order valence-electron chi connectivity index (χ0n) is 17.2. The molecule has 0 spiro atoms. The Bertz CT molecular complexity index is 828. The molecule has 0 saturated heterocycles. The minimum atomic E-state index is -0.991. The van der Waals surface area contributed by atoms with Crippen LogP contribution in [0.5, 0.6) is 5.75 Å². The number of carbonyl (C=O) groups excluding carboxylic acids is 1. The number of alkyl carbamates (subject to hydrolysis) is 1. The minimum Gasteiger partial charge on any atom is -0.494 e. The van der Waals surface area contributed by atoms with E-state index in [9.17, 15) is 14.7 Å². The van der Waals surface area contributed by atoms with E-state index in [1.807, 2.05) is 19.1 Å². The molecule has 29 heavy (non-hydrogen) atoms. The van der Waals surface area contributed by atoms with Gasteiger partial charge in [0, 0.05) is 12.2 Å². The zero-order valence-corrected chi connectivity index (χ0v) is 17.2. The molecule has 3 N–H and O–H groups in total. The highest BCUT2D eigenvalue weighted by atomic mass is 16.6. The number of hydrogen-bond donors (Lipinski definition) is 3. The molecule has 7 heteroatoms. The van der Waals surface area contributed by atoms with E-state index < -0.39 is 23.7 Å². The standard InChI is InChI=1S/C22H28N2O5/c1-5-28-18-8-6-7-16(13-18)19(20(25)26)24-17-11-9-15(10-12-17)14-23-21(27)29-22(2,3)4/h6-13,19,24H,5,14H2,1-4H3,(H,23,27)(H,25,26). The van der Waals surface area contributed by atoms with Gasteiger partial charge >= 0.3 is 12.1 Å². The number of hydrogen-bond acceptors (Lipinski definition) is 5. The van der Waals surface area contributed by atoms with Crippen molar-refractivity contribution in [3.8, 4) is 5.75 Å². The monoisotopic (exact) mass is 400 g/mol. The number of carboxylic acid groups (broad SMARTS) is 1. The quantitative estimate of drug-likeness (QED) is 0.610. The Kier molecular flexibility index (Phi) is 7.47. The van der Waals surface area contributed by atoms with E-state index in [4.69, 9.17) is 9.47 Å². The van der Waals surface area contributed by atoms with E-state index in [0.29, 0.717) is 30.2 Å². The van der Waals surface area contributed by atoms with Crippen LogP contribution in [0.3, 0.4) is 0 Å². The molecular weight excluding hydrogens is 372 g/mol. The molecule has 0 bridgehead atoms. The van der Waals surface area contributed by atoms with Crippen LogP contribution in [0.4, 0.5) is 10.5 Å². The summed E-state index contributed by atoms with van der Waals surface area (Å²) in [6, 6.07) is 13.3. The Morgan fingerprint density at radius 3 is 2.38 bits per heavy atom. The molecule has 0 aromatic heterocycles. The van der Waals surface area contributed by atoms with E-state index in [-0.39, 0.29) is 0 Å². The summed E-state index contributed by atoms with van der Waals surface area (Å²) in [7, 11) is 0. The highest BCUT2D eigenvalue weighted by molar-refractivity contribution is 5.79. The number of carboxylic acids is 1. The molecule has 2 aromatic rings. The molecule has 7 nitrogen and oxygen atoms in total. The largest absolute Gasteiger partial charge is 0.494 e. The predicted molar refractivity (Wildman–Crippen MR) is 111 cm³/mol. The maximum Gasteiger partial charge on any atom is 0.407 e. The van der Waals surface area contributed by atoms with Crippen molar-refractivity contribution in [1.82, 2.24) is 5.32 Å². The summed E-state index contributed by atoms with van der Waals surface area (Å²) < 4.78 is 10.7. The van der Waals surface area contributed by atoms with Crippen molar-refractivity contribution < 1.29 is 24.2 Å². The topological polar surface area (TPSA) is 96.9 Å². The van der Waals surface area contributed by atoms with Crippen LogP contribution in [0.2, 0.25) is 0 Å². The normalized spacial score (nSPS) is 12.0. The van der Waals surface area contributed by atoms with Crippen molar-refractivity contribution in [2.24, 2.45) is 0 Å². The maximum atomic E-state index is 11.8. The molecular formula is C22H28N2O5. The fourth-order valence-corrected chi connectivity index (χ4v) is 2.61. The maximum absolute atomic E-state index is 11.8. The second-order valence-electron chi connectivity index (χ2n) is 7.47. The van der Waals surface area contributed by atoms with Crippen molar-refractivity contribution in [3.63, 3.8) is 0 Å². The van der Waals surface area contributed by atoms with Crippen LogP contribution >= 0.6 is 0 Å². The first-order chi connectivity index (χ1) is 13.7. The van der Waals surface area contributed by atoms with Crippen LogP contribution in [0.15, 0.2) is 48.5 Å². The summed E-state index contributed by atoms with van der Waals surface area (Å²) in [6.07, 6.45) is -0.486. The molecule has 0 aliphatic heterocycles. The minimum absolute atomic E-state index is 0.313. The fraction of sp³-hybridized carbons (Fsp3) is 0.364. The summed E-state index contributed by atoms with van der Waals surface area (Å²) in [5.74, 6) is -0.365. The first-order valence-electron chi connectivity index (χ1n) is 9.46. The molecule has 156 valence electrons. The average Bonchev–Trinajstić information content (AvgIpc) is 2.64. The summed E-state index contributed by atoms with van der Waals surface area (Å²) in [4.78, 5) is 23.5. The molecule has 2 aromatic carbocycles. The summed E-state index contributed by atoms with van der Waals surface area (Å²) in [5, 5.41) is 15.3. The lowest BCUT2D eigenvalue weighted by molar-refractivity contribution is -0.138. The Morgan fingerprint density at radius 1 is 1.10 bits per heavy atom. The lowest BCUT2D eigenvalue weighted by atomic mass is 10.1. The molecule has 1 amide bonds. The van der Waals surface area contributed by atoms with Crippen molar-refractivity contribution in [2.75, 3.05) is 11.9 Å².